The Labute approximate surface area is 171 Å². The second-order valence-corrected chi connectivity index (χ2v) is 7.76. The summed E-state index contributed by atoms with van der Waals surface area (Å²) in [7, 11) is 0. The summed E-state index contributed by atoms with van der Waals surface area (Å²) in [4.78, 5) is 11.0. The standard InChI is InChI=1S/C22H28N6O/c1-16(2)22-17(13-28(26-22)18-7-4-3-5-8-18)12-23-20-11-21(25-15-24-20)27-10-6-9-19(27)14-29/h3-5,7-8,11,13,15-16,19,29H,6,9-10,12,14H2,1-2H3,(H,23,24,25). The number of benzene rings is 1. The van der Waals surface area contributed by atoms with E-state index in [0.29, 0.717) is 12.5 Å². The molecule has 0 saturated carbocycles. The first kappa shape index (κ1) is 19.4. The van der Waals surface area contributed by atoms with E-state index in [4.69, 9.17) is 5.10 Å². The van der Waals surface area contributed by atoms with Crippen LogP contribution in [0.3, 0.4) is 0 Å². The molecule has 7 nitrogen and oxygen atoms in total. The minimum absolute atomic E-state index is 0.148. The average Bonchev–Trinajstić information content (AvgIpc) is 3.40. The summed E-state index contributed by atoms with van der Waals surface area (Å²) in [6.07, 6.45) is 5.75. The van der Waals surface area contributed by atoms with Gasteiger partial charge in [0.1, 0.15) is 18.0 Å². The lowest BCUT2D eigenvalue weighted by molar-refractivity contribution is 0.266. The third kappa shape index (κ3) is 4.24. The Bertz CT molecular complexity index is 939. The van der Waals surface area contributed by atoms with Gasteiger partial charge in [-0.1, -0.05) is 32.0 Å². The summed E-state index contributed by atoms with van der Waals surface area (Å²) in [6, 6.07) is 12.3. The van der Waals surface area contributed by atoms with Crippen molar-refractivity contribution in [3.05, 3.63) is 60.2 Å². The number of aromatic nitrogens is 4. The van der Waals surface area contributed by atoms with Gasteiger partial charge in [-0.15, -0.1) is 0 Å². The molecule has 152 valence electrons. The van der Waals surface area contributed by atoms with Crippen molar-refractivity contribution in [2.75, 3.05) is 23.4 Å². The third-order valence-electron chi connectivity index (χ3n) is 5.38. The van der Waals surface area contributed by atoms with Gasteiger partial charge in [-0.25, -0.2) is 14.6 Å². The van der Waals surface area contributed by atoms with E-state index in [2.05, 4.69) is 52.4 Å². The highest BCUT2D eigenvalue weighted by Gasteiger charge is 2.25. The monoisotopic (exact) mass is 392 g/mol. The second-order valence-electron chi connectivity index (χ2n) is 7.76. The normalized spacial score (nSPS) is 16.6. The van der Waals surface area contributed by atoms with E-state index in [1.807, 2.05) is 28.9 Å². The lowest BCUT2D eigenvalue weighted by Gasteiger charge is -2.24. The zero-order valence-electron chi connectivity index (χ0n) is 17.0. The number of aliphatic hydroxyl groups is 1. The van der Waals surface area contributed by atoms with E-state index in [9.17, 15) is 5.11 Å². The first-order valence-electron chi connectivity index (χ1n) is 10.2. The van der Waals surface area contributed by atoms with E-state index in [-0.39, 0.29) is 12.6 Å². The molecule has 0 amide bonds. The van der Waals surface area contributed by atoms with Crippen molar-refractivity contribution in [1.29, 1.82) is 0 Å². The van der Waals surface area contributed by atoms with Crippen LogP contribution in [0.25, 0.3) is 5.69 Å². The predicted molar refractivity (Wildman–Crippen MR) is 114 cm³/mol. The largest absolute Gasteiger partial charge is 0.394 e. The number of hydrogen-bond donors (Lipinski definition) is 2. The molecule has 1 atom stereocenters. The van der Waals surface area contributed by atoms with Gasteiger partial charge in [-0.05, 0) is 30.9 Å². The second kappa shape index (κ2) is 8.61. The molecule has 0 bridgehead atoms. The molecule has 2 aromatic heterocycles. The van der Waals surface area contributed by atoms with Crippen LogP contribution < -0.4 is 10.2 Å². The number of nitrogens with zero attached hydrogens (tertiary/aromatic N) is 5. The topological polar surface area (TPSA) is 79.1 Å². The van der Waals surface area contributed by atoms with Gasteiger partial charge in [0.15, 0.2) is 0 Å². The lowest BCUT2D eigenvalue weighted by atomic mass is 10.1. The Balaban J connectivity index is 1.52. The molecule has 1 saturated heterocycles. The number of nitrogens with one attached hydrogen (secondary N) is 1. The summed E-state index contributed by atoms with van der Waals surface area (Å²) >= 11 is 0. The van der Waals surface area contributed by atoms with Crippen molar-refractivity contribution >= 4 is 11.6 Å². The fraction of sp³-hybridized carbons (Fsp3) is 0.409. The molecule has 0 aliphatic carbocycles. The van der Waals surface area contributed by atoms with Crippen LogP contribution >= 0.6 is 0 Å². The highest BCUT2D eigenvalue weighted by Crippen LogP contribution is 2.25. The molecular weight excluding hydrogens is 364 g/mol. The molecule has 0 spiro atoms. The Kier molecular flexibility index (Phi) is 5.76. The minimum Gasteiger partial charge on any atom is -0.394 e. The average molecular weight is 393 g/mol. The number of anilines is 2. The highest BCUT2D eigenvalue weighted by molar-refractivity contribution is 5.50. The fourth-order valence-electron chi connectivity index (χ4n) is 3.87. The maximum atomic E-state index is 9.59. The SMILES string of the molecule is CC(C)c1nn(-c2ccccc2)cc1CNc1cc(N2CCCC2CO)ncn1. The summed E-state index contributed by atoms with van der Waals surface area (Å²) in [5.41, 5.74) is 3.28. The first-order chi connectivity index (χ1) is 14.2. The number of aliphatic hydroxyl groups excluding tert-OH is 1. The lowest BCUT2D eigenvalue weighted by Crippen LogP contribution is -2.32. The van der Waals surface area contributed by atoms with Gasteiger partial charge in [0.05, 0.1) is 24.0 Å². The third-order valence-corrected chi connectivity index (χ3v) is 5.38. The summed E-state index contributed by atoms with van der Waals surface area (Å²) in [5.74, 6) is 1.97. The molecule has 0 radical (unpaired) electrons. The Morgan fingerprint density at radius 1 is 1.21 bits per heavy atom. The van der Waals surface area contributed by atoms with Crippen LogP contribution in [0.15, 0.2) is 48.9 Å². The van der Waals surface area contributed by atoms with E-state index < -0.39 is 0 Å². The molecule has 1 aliphatic heterocycles. The summed E-state index contributed by atoms with van der Waals surface area (Å²) in [5, 5.41) is 17.8. The predicted octanol–water partition coefficient (Wildman–Crippen LogP) is 3.36. The van der Waals surface area contributed by atoms with E-state index >= 15 is 0 Å². The van der Waals surface area contributed by atoms with Crippen LogP contribution in [0.1, 0.15) is 43.9 Å². The van der Waals surface area contributed by atoms with E-state index in [1.165, 1.54) is 0 Å². The molecule has 1 aromatic carbocycles. The van der Waals surface area contributed by atoms with Gasteiger partial charge in [0, 0.05) is 30.9 Å². The fourth-order valence-corrected chi connectivity index (χ4v) is 3.87. The highest BCUT2D eigenvalue weighted by atomic mass is 16.3. The first-order valence-corrected chi connectivity index (χ1v) is 10.2. The molecule has 3 aromatic rings. The molecule has 3 heterocycles. The quantitative estimate of drug-likeness (QED) is 0.642. The molecule has 7 heteroatoms. The van der Waals surface area contributed by atoms with Gasteiger partial charge in [0.2, 0.25) is 0 Å². The molecule has 29 heavy (non-hydrogen) atoms. The Morgan fingerprint density at radius 2 is 2.03 bits per heavy atom. The smallest absolute Gasteiger partial charge is 0.134 e. The van der Waals surface area contributed by atoms with Crippen molar-refractivity contribution < 1.29 is 5.11 Å². The van der Waals surface area contributed by atoms with Crippen LogP contribution in [-0.4, -0.2) is 44.0 Å². The molecule has 1 aliphatic rings. The van der Waals surface area contributed by atoms with Crippen molar-refractivity contribution in [1.82, 2.24) is 19.7 Å². The summed E-state index contributed by atoms with van der Waals surface area (Å²) in [6.45, 7) is 6.03. The molecule has 4 rings (SSSR count). The Morgan fingerprint density at radius 3 is 2.79 bits per heavy atom. The molecule has 2 N–H and O–H groups in total. The number of rotatable bonds is 7. The Hall–Kier alpha value is -2.93. The van der Waals surface area contributed by atoms with Crippen LogP contribution in [0.5, 0.6) is 0 Å². The van der Waals surface area contributed by atoms with Gasteiger partial charge in [-0.2, -0.15) is 5.10 Å². The van der Waals surface area contributed by atoms with Gasteiger partial charge in [-0.3, -0.25) is 0 Å². The van der Waals surface area contributed by atoms with Crippen molar-refractivity contribution in [2.45, 2.75) is 45.2 Å². The van der Waals surface area contributed by atoms with Crippen LogP contribution in [0, 0.1) is 0 Å². The van der Waals surface area contributed by atoms with Gasteiger partial charge in [0.25, 0.3) is 0 Å². The maximum Gasteiger partial charge on any atom is 0.134 e. The van der Waals surface area contributed by atoms with Gasteiger partial charge < -0.3 is 15.3 Å². The van der Waals surface area contributed by atoms with Gasteiger partial charge >= 0.3 is 0 Å². The van der Waals surface area contributed by atoms with Crippen LogP contribution in [-0.2, 0) is 6.54 Å². The molecule has 1 unspecified atom stereocenters. The number of para-hydroxylation sites is 1. The molecular formula is C22H28N6O. The maximum absolute atomic E-state index is 9.59. The van der Waals surface area contributed by atoms with Crippen LogP contribution in [0.2, 0.25) is 0 Å². The van der Waals surface area contributed by atoms with Crippen molar-refractivity contribution in [3.63, 3.8) is 0 Å². The minimum atomic E-state index is 0.148. The zero-order valence-corrected chi connectivity index (χ0v) is 17.0. The van der Waals surface area contributed by atoms with Crippen LogP contribution in [0.4, 0.5) is 11.6 Å². The van der Waals surface area contributed by atoms with Crippen molar-refractivity contribution in [3.8, 4) is 5.69 Å². The molecule has 1 fully saturated rings. The van der Waals surface area contributed by atoms with E-state index in [0.717, 1.165) is 48.0 Å². The van der Waals surface area contributed by atoms with Crippen molar-refractivity contribution in [2.24, 2.45) is 0 Å². The number of hydrogen-bond acceptors (Lipinski definition) is 6. The van der Waals surface area contributed by atoms with E-state index in [1.54, 1.807) is 6.33 Å². The zero-order chi connectivity index (χ0) is 20.2. The summed E-state index contributed by atoms with van der Waals surface area (Å²) < 4.78 is 1.94.